The van der Waals surface area contributed by atoms with Gasteiger partial charge in [0.05, 0.1) is 23.9 Å². The van der Waals surface area contributed by atoms with E-state index in [1.807, 2.05) is 13.0 Å². The lowest BCUT2D eigenvalue weighted by atomic mass is 10.1. The number of rotatable bonds is 1. The van der Waals surface area contributed by atoms with Crippen LogP contribution in [0.25, 0.3) is 11.3 Å². The lowest BCUT2D eigenvalue weighted by Crippen LogP contribution is -1.97. The largest absolute Gasteiger partial charge is 0.490 e. The Morgan fingerprint density at radius 1 is 1.26 bits per heavy atom. The van der Waals surface area contributed by atoms with Gasteiger partial charge in [0.15, 0.2) is 16.6 Å². The third kappa shape index (κ3) is 2.35. The van der Waals surface area contributed by atoms with E-state index in [4.69, 9.17) is 26.8 Å². The summed E-state index contributed by atoms with van der Waals surface area (Å²) in [6.07, 6.45) is 0.865. The maximum atomic E-state index is 6.32. The van der Waals surface area contributed by atoms with Crippen molar-refractivity contribution in [1.82, 2.24) is 4.98 Å². The standard InChI is InChI=1S/C13H13ClN2O2S/c1-7-12(16-13(15)19-7)8-5-10-11(6-9(8)14)18-4-2-3-17-10/h5-6H,2-4H2,1H3,(H2,15,16). The van der Waals surface area contributed by atoms with E-state index in [1.54, 1.807) is 6.07 Å². The topological polar surface area (TPSA) is 57.4 Å². The van der Waals surface area contributed by atoms with Crippen LogP contribution >= 0.6 is 22.9 Å². The van der Waals surface area contributed by atoms with Crippen molar-refractivity contribution in [2.45, 2.75) is 13.3 Å². The Morgan fingerprint density at radius 2 is 1.95 bits per heavy atom. The molecular formula is C13H13ClN2O2S. The van der Waals surface area contributed by atoms with Crippen molar-refractivity contribution in [3.05, 3.63) is 22.0 Å². The molecule has 1 aliphatic rings. The van der Waals surface area contributed by atoms with E-state index in [-0.39, 0.29) is 0 Å². The van der Waals surface area contributed by atoms with E-state index in [9.17, 15) is 0 Å². The van der Waals surface area contributed by atoms with E-state index >= 15 is 0 Å². The Bertz CT molecular complexity index is 627. The summed E-state index contributed by atoms with van der Waals surface area (Å²) in [4.78, 5) is 5.37. The first-order valence-electron chi connectivity index (χ1n) is 5.97. The minimum Gasteiger partial charge on any atom is -0.490 e. The van der Waals surface area contributed by atoms with E-state index in [1.165, 1.54) is 11.3 Å². The van der Waals surface area contributed by atoms with Crippen molar-refractivity contribution < 1.29 is 9.47 Å². The molecule has 6 heteroatoms. The normalized spacial score (nSPS) is 14.2. The molecule has 1 aliphatic heterocycles. The smallest absolute Gasteiger partial charge is 0.180 e. The average Bonchev–Trinajstić information content (AvgIpc) is 2.59. The van der Waals surface area contributed by atoms with Gasteiger partial charge < -0.3 is 15.2 Å². The minimum atomic E-state index is 0.538. The number of benzene rings is 1. The number of halogens is 1. The van der Waals surface area contributed by atoms with Crippen LogP contribution in [-0.4, -0.2) is 18.2 Å². The van der Waals surface area contributed by atoms with E-state index in [0.717, 1.165) is 22.6 Å². The zero-order chi connectivity index (χ0) is 13.4. The van der Waals surface area contributed by atoms with Crippen LogP contribution in [0.1, 0.15) is 11.3 Å². The fourth-order valence-corrected chi connectivity index (χ4v) is 2.98. The van der Waals surface area contributed by atoms with Crippen LogP contribution in [0.15, 0.2) is 12.1 Å². The molecule has 3 rings (SSSR count). The summed E-state index contributed by atoms with van der Waals surface area (Å²) in [6.45, 7) is 3.26. The monoisotopic (exact) mass is 296 g/mol. The minimum absolute atomic E-state index is 0.538. The zero-order valence-electron chi connectivity index (χ0n) is 10.4. The lowest BCUT2D eigenvalue weighted by molar-refractivity contribution is 0.297. The predicted molar refractivity (Wildman–Crippen MR) is 77.3 cm³/mol. The Labute approximate surface area is 120 Å². The number of thiazole rings is 1. The molecule has 0 radical (unpaired) electrons. The van der Waals surface area contributed by atoms with Gasteiger partial charge in [0.2, 0.25) is 0 Å². The van der Waals surface area contributed by atoms with Gasteiger partial charge in [-0.3, -0.25) is 0 Å². The third-order valence-corrected chi connectivity index (χ3v) is 4.02. The molecule has 19 heavy (non-hydrogen) atoms. The van der Waals surface area contributed by atoms with Crippen molar-refractivity contribution in [3.63, 3.8) is 0 Å². The Hall–Kier alpha value is -1.46. The number of hydrogen-bond donors (Lipinski definition) is 1. The molecule has 0 spiro atoms. The summed E-state index contributed by atoms with van der Waals surface area (Å²) in [6, 6.07) is 3.66. The molecule has 0 fully saturated rings. The van der Waals surface area contributed by atoms with E-state index < -0.39 is 0 Å². The molecule has 0 unspecified atom stereocenters. The lowest BCUT2D eigenvalue weighted by Gasteiger charge is -2.10. The van der Waals surface area contributed by atoms with Gasteiger partial charge in [0.1, 0.15) is 0 Å². The highest BCUT2D eigenvalue weighted by Crippen LogP contribution is 2.41. The molecule has 2 heterocycles. The van der Waals surface area contributed by atoms with E-state index in [0.29, 0.717) is 34.9 Å². The molecule has 1 aromatic carbocycles. The molecule has 0 atom stereocenters. The number of nitrogens with two attached hydrogens (primary N) is 1. The summed E-state index contributed by atoms with van der Waals surface area (Å²) in [7, 11) is 0. The molecule has 1 aromatic heterocycles. The van der Waals surface area contributed by atoms with E-state index in [2.05, 4.69) is 4.98 Å². The summed E-state index contributed by atoms with van der Waals surface area (Å²) >= 11 is 7.77. The van der Waals surface area contributed by atoms with Crippen LogP contribution < -0.4 is 15.2 Å². The second-order valence-electron chi connectivity index (χ2n) is 4.29. The van der Waals surface area contributed by atoms with Crippen LogP contribution in [0.3, 0.4) is 0 Å². The first-order valence-corrected chi connectivity index (χ1v) is 7.17. The van der Waals surface area contributed by atoms with Crippen molar-refractivity contribution in [3.8, 4) is 22.8 Å². The van der Waals surface area contributed by atoms with Crippen molar-refractivity contribution in [2.24, 2.45) is 0 Å². The predicted octanol–water partition coefficient (Wildman–Crippen LogP) is 3.52. The molecule has 0 bridgehead atoms. The first-order chi connectivity index (χ1) is 9.15. The molecule has 0 amide bonds. The van der Waals surface area contributed by atoms with Gasteiger partial charge in [-0.05, 0) is 13.0 Å². The number of ether oxygens (including phenoxy) is 2. The molecule has 0 aliphatic carbocycles. The summed E-state index contributed by atoms with van der Waals surface area (Å²) in [5, 5.41) is 1.13. The molecule has 100 valence electrons. The Morgan fingerprint density at radius 3 is 2.58 bits per heavy atom. The summed E-state index contributed by atoms with van der Waals surface area (Å²) in [5.74, 6) is 1.40. The number of hydrogen-bond acceptors (Lipinski definition) is 5. The summed E-state index contributed by atoms with van der Waals surface area (Å²) < 4.78 is 11.3. The third-order valence-electron chi connectivity index (χ3n) is 2.91. The van der Waals surface area contributed by atoms with Crippen LogP contribution in [-0.2, 0) is 0 Å². The number of aryl methyl sites for hydroxylation is 1. The van der Waals surface area contributed by atoms with Gasteiger partial charge in [0, 0.05) is 22.9 Å². The van der Waals surface area contributed by atoms with Crippen molar-refractivity contribution in [1.29, 1.82) is 0 Å². The molecule has 0 saturated carbocycles. The fourth-order valence-electron chi connectivity index (χ4n) is 2.03. The molecule has 0 saturated heterocycles. The number of fused-ring (bicyclic) bond motifs is 1. The fraction of sp³-hybridized carbons (Fsp3) is 0.308. The van der Waals surface area contributed by atoms with Gasteiger partial charge in [-0.25, -0.2) is 4.98 Å². The number of nitrogens with zero attached hydrogens (tertiary/aromatic N) is 1. The number of nitrogen functional groups attached to an aromatic ring is 1. The summed E-state index contributed by atoms with van der Waals surface area (Å²) in [5.41, 5.74) is 7.38. The highest BCUT2D eigenvalue weighted by atomic mass is 35.5. The SMILES string of the molecule is Cc1sc(N)nc1-c1cc2c(cc1Cl)OCCCO2. The second-order valence-corrected chi connectivity index (χ2v) is 5.93. The van der Waals surface area contributed by atoms with Crippen LogP contribution in [0.2, 0.25) is 5.02 Å². The van der Waals surface area contributed by atoms with Gasteiger partial charge in [0.25, 0.3) is 0 Å². The van der Waals surface area contributed by atoms with Crippen molar-refractivity contribution in [2.75, 3.05) is 18.9 Å². The number of anilines is 1. The number of aromatic nitrogens is 1. The van der Waals surface area contributed by atoms with Gasteiger partial charge in [-0.15, -0.1) is 11.3 Å². The quantitative estimate of drug-likeness (QED) is 0.875. The average molecular weight is 297 g/mol. The zero-order valence-corrected chi connectivity index (χ0v) is 12.0. The highest BCUT2D eigenvalue weighted by Gasteiger charge is 2.18. The maximum Gasteiger partial charge on any atom is 0.180 e. The van der Waals surface area contributed by atoms with Crippen molar-refractivity contribution >= 4 is 28.1 Å². The molecule has 4 nitrogen and oxygen atoms in total. The maximum absolute atomic E-state index is 6.32. The Kier molecular flexibility index (Phi) is 3.24. The molecular weight excluding hydrogens is 284 g/mol. The van der Waals surface area contributed by atoms with Gasteiger partial charge >= 0.3 is 0 Å². The van der Waals surface area contributed by atoms with Gasteiger partial charge in [-0.2, -0.15) is 0 Å². The highest BCUT2D eigenvalue weighted by molar-refractivity contribution is 7.15. The Balaban J connectivity index is 2.12. The van der Waals surface area contributed by atoms with Crippen LogP contribution in [0.5, 0.6) is 11.5 Å². The molecule has 2 aromatic rings. The van der Waals surface area contributed by atoms with Crippen LogP contribution in [0, 0.1) is 6.92 Å². The second kappa shape index (κ2) is 4.90. The molecule has 2 N–H and O–H groups in total. The van der Waals surface area contributed by atoms with Gasteiger partial charge in [-0.1, -0.05) is 11.6 Å². The first kappa shape index (κ1) is 12.6. The van der Waals surface area contributed by atoms with Crippen LogP contribution in [0.4, 0.5) is 5.13 Å².